The van der Waals surface area contributed by atoms with Gasteiger partial charge in [0.15, 0.2) is 11.5 Å². The molecule has 4 nitrogen and oxygen atoms in total. The molecular formula is C23H21NO3. The van der Waals surface area contributed by atoms with Gasteiger partial charge in [-0.1, -0.05) is 60.2 Å². The summed E-state index contributed by atoms with van der Waals surface area (Å²) in [7, 11) is 0. The minimum Gasteiger partial charge on any atom is -0.486 e. The summed E-state index contributed by atoms with van der Waals surface area (Å²) in [5.41, 5.74) is 3.81. The summed E-state index contributed by atoms with van der Waals surface area (Å²) >= 11 is 0. The number of carbonyl (C=O) groups is 1. The van der Waals surface area contributed by atoms with Crippen LogP contribution in [0.4, 0.5) is 0 Å². The molecular weight excluding hydrogens is 338 g/mol. The zero-order valence-electron chi connectivity index (χ0n) is 15.1. The monoisotopic (exact) mass is 359 g/mol. The molecule has 3 aromatic carbocycles. The van der Waals surface area contributed by atoms with E-state index in [2.05, 4.69) is 36.5 Å². The first-order chi connectivity index (χ1) is 13.2. The van der Waals surface area contributed by atoms with Crippen molar-refractivity contribution in [2.24, 2.45) is 0 Å². The molecule has 1 aliphatic heterocycles. The van der Waals surface area contributed by atoms with E-state index in [1.54, 1.807) is 18.2 Å². The van der Waals surface area contributed by atoms with Gasteiger partial charge in [-0.05, 0) is 36.2 Å². The molecule has 0 radical (unpaired) electrons. The Labute approximate surface area is 158 Å². The lowest BCUT2D eigenvalue weighted by Gasteiger charge is -2.22. The van der Waals surface area contributed by atoms with Gasteiger partial charge < -0.3 is 14.8 Å². The summed E-state index contributed by atoms with van der Waals surface area (Å²) in [6.07, 6.45) is 0. The van der Waals surface area contributed by atoms with Crippen molar-refractivity contribution in [2.45, 2.75) is 13.0 Å². The molecule has 0 aromatic heterocycles. The summed E-state index contributed by atoms with van der Waals surface area (Å²) in [5, 5.41) is 3.16. The normalized spacial score (nSPS) is 13.7. The molecule has 0 fully saturated rings. The molecule has 1 amide bonds. The highest BCUT2D eigenvalue weighted by molar-refractivity contribution is 5.95. The number of carbonyl (C=O) groups excluding carboxylic acids is 1. The molecule has 0 saturated carbocycles. The second kappa shape index (κ2) is 7.54. The van der Waals surface area contributed by atoms with E-state index < -0.39 is 0 Å². The second-order valence-corrected chi connectivity index (χ2v) is 6.59. The van der Waals surface area contributed by atoms with Crippen molar-refractivity contribution in [3.05, 3.63) is 95.1 Å². The highest BCUT2D eigenvalue weighted by atomic mass is 16.6. The van der Waals surface area contributed by atoms with Crippen LogP contribution in [0.15, 0.2) is 72.8 Å². The Hall–Kier alpha value is -3.27. The largest absolute Gasteiger partial charge is 0.486 e. The quantitative estimate of drug-likeness (QED) is 0.756. The molecule has 1 heterocycles. The molecule has 3 aromatic rings. The standard InChI is InChI=1S/C23H21NO3/c1-16-7-9-18(10-8-16)22(17-5-3-2-4-6-17)24-23(25)19-11-12-20-21(15-19)27-14-13-26-20/h2-12,15,22H,13-14H2,1H3,(H,24,25)/t22-/m0/s1. The maximum Gasteiger partial charge on any atom is 0.252 e. The van der Waals surface area contributed by atoms with E-state index in [0.29, 0.717) is 30.3 Å². The SMILES string of the molecule is Cc1ccc([C@@H](NC(=O)c2ccc3c(c2)OCCO3)c2ccccc2)cc1. The van der Waals surface area contributed by atoms with Gasteiger partial charge in [-0.25, -0.2) is 0 Å². The van der Waals surface area contributed by atoms with Crippen molar-refractivity contribution in [1.29, 1.82) is 0 Å². The van der Waals surface area contributed by atoms with Crippen molar-refractivity contribution in [2.75, 3.05) is 13.2 Å². The van der Waals surface area contributed by atoms with E-state index in [0.717, 1.165) is 11.1 Å². The number of ether oxygens (including phenoxy) is 2. The first kappa shape index (κ1) is 17.2. The van der Waals surface area contributed by atoms with Crippen molar-refractivity contribution < 1.29 is 14.3 Å². The summed E-state index contributed by atoms with van der Waals surface area (Å²) in [5.74, 6) is 1.14. The van der Waals surface area contributed by atoms with Gasteiger partial charge in [0.05, 0.1) is 6.04 Å². The molecule has 4 rings (SSSR count). The average molecular weight is 359 g/mol. The Morgan fingerprint density at radius 2 is 1.52 bits per heavy atom. The van der Waals surface area contributed by atoms with Gasteiger partial charge in [-0.2, -0.15) is 0 Å². The summed E-state index contributed by atoms with van der Waals surface area (Å²) in [6.45, 7) is 3.07. The average Bonchev–Trinajstić information content (AvgIpc) is 2.73. The van der Waals surface area contributed by atoms with Crippen molar-refractivity contribution in [3.63, 3.8) is 0 Å². The van der Waals surface area contributed by atoms with E-state index in [9.17, 15) is 4.79 Å². The van der Waals surface area contributed by atoms with E-state index >= 15 is 0 Å². The number of nitrogens with one attached hydrogen (secondary N) is 1. The van der Waals surface area contributed by atoms with Gasteiger partial charge in [0.25, 0.3) is 5.91 Å². The third-order valence-electron chi connectivity index (χ3n) is 4.62. The van der Waals surface area contributed by atoms with E-state index in [1.165, 1.54) is 5.56 Å². The molecule has 136 valence electrons. The number of rotatable bonds is 4. The molecule has 0 unspecified atom stereocenters. The number of benzene rings is 3. The Morgan fingerprint density at radius 1 is 0.852 bits per heavy atom. The van der Waals surface area contributed by atoms with Crippen LogP contribution >= 0.6 is 0 Å². The summed E-state index contributed by atoms with van der Waals surface area (Å²) in [4.78, 5) is 12.9. The fourth-order valence-corrected chi connectivity index (χ4v) is 3.16. The number of aryl methyl sites for hydroxylation is 1. The van der Waals surface area contributed by atoms with Gasteiger partial charge in [-0.3, -0.25) is 4.79 Å². The van der Waals surface area contributed by atoms with Crippen LogP contribution in [0, 0.1) is 6.92 Å². The Kier molecular flexibility index (Phi) is 4.79. The smallest absolute Gasteiger partial charge is 0.252 e. The first-order valence-electron chi connectivity index (χ1n) is 9.03. The third kappa shape index (κ3) is 3.80. The molecule has 27 heavy (non-hydrogen) atoms. The van der Waals surface area contributed by atoms with Crippen LogP contribution in [0.1, 0.15) is 33.1 Å². The van der Waals surface area contributed by atoms with Crippen LogP contribution in [0.3, 0.4) is 0 Å². The van der Waals surface area contributed by atoms with Crippen LogP contribution in [0.2, 0.25) is 0 Å². The van der Waals surface area contributed by atoms with Gasteiger partial charge in [-0.15, -0.1) is 0 Å². The lowest BCUT2D eigenvalue weighted by atomic mass is 9.97. The molecule has 0 saturated heterocycles. The minimum absolute atomic E-state index is 0.151. The van der Waals surface area contributed by atoms with E-state index in [1.807, 2.05) is 30.3 Å². The third-order valence-corrected chi connectivity index (χ3v) is 4.62. The van der Waals surface area contributed by atoms with Crippen LogP contribution in [0.25, 0.3) is 0 Å². The van der Waals surface area contributed by atoms with Gasteiger partial charge >= 0.3 is 0 Å². The second-order valence-electron chi connectivity index (χ2n) is 6.59. The van der Waals surface area contributed by atoms with Crippen LogP contribution in [-0.2, 0) is 0 Å². The molecule has 0 spiro atoms. The Balaban J connectivity index is 1.63. The number of amides is 1. The highest BCUT2D eigenvalue weighted by Gasteiger charge is 2.20. The molecule has 0 bridgehead atoms. The topological polar surface area (TPSA) is 47.6 Å². The van der Waals surface area contributed by atoms with E-state index in [4.69, 9.17) is 9.47 Å². The number of fused-ring (bicyclic) bond motifs is 1. The van der Waals surface area contributed by atoms with Gasteiger partial charge in [0.1, 0.15) is 13.2 Å². The van der Waals surface area contributed by atoms with Crippen LogP contribution < -0.4 is 14.8 Å². The number of hydrogen-bond donors (Lipinski definition) is 1. The summed E-state index contributed by atoms with van der Waals surface area (Å²) < 4.78 is 11.1. The van der Waals surface area contributed by atoms with Gasteiger partial charge in [0.2, 0.25) is 0 Å². The van der Waals surface area contributed by atoms with Crippen molar-refractivity contribution >= 4 is 5.91 Å². The molecule has 0 aliphatic carbocycles. The minimum atomic E-state index is -0.229. The lowest BCUT2D eigenvalue weighted by molar-refractivity contribution is 0.0941. The Morgan fingerprint density at radius 3 is 2.26 bits per heavy atom. The van der Waals surface area contributed by atoms with Crippen LogP contribution in [0.5, 0.6) is 11.5 Å². The molecule has 4 heteroatoms. The molecule has 1 aliphatic rings. The van der Waals surface area contributed by atoms with Crippen LogP contribution in [-0.4, -0.2) is 19.1 Å². The van der Waals surface area contributed by atoms with E-state index in [-0.39, 0.29) is 11.9 Å². The van der Waals surface area contributed by atoms with Crippen molar-refractivity contribution in [3.8, 4) is 11.5 Å². The fraction of sp³-hybridized carbons (Fsp3) is 0.174. The maximum absolute atomic E-state index is 12.9. The Bertz CT molecular complexity index is 936. The zero-order valence-corrected chi connectivity index (χ0v) is 15.1. The van der Waals surface area contributed by atoms with Gasteiger partial charge in [0, 0.05) is 5.56 Å². The highest BCUT2D eigenvalue weighted by Crippen LogP contribution is 2.31. The molecule has 1 atom stereocenters. The predicted molar refractivity (Wildman–Crippen MR) is 104 cm³/mol. The number of hydrogen-bond acceptors (Lipinski definition) is 3. The zero-order chi connectivity index (χ0) is 18.6. The molecule has 1 N–H and O–H groups in total. The lowest BCUT2D eigenvalue weighted by Crippen LogP contribution is -2.29. The first-order valence-corrected chi connectivity index (χ1v) is 9.03. The summed E-state index contributed by atoms with van der Waals surface area (Å²) in [6, 6.07) is 23.2. The maximum atomic E-state index is 12.9. The predicted octanol–water partition coefficient (Wildman–Crippen LogP) is 4.29. The van der Waals surface area contributed by atoms with Crippen molar-refractivity contribution in [1.82, 2.24) is 5.32 Å². The fourth-order valence-electron chi connectivity index (χ4n) is 3.16.